The number of thiophene rings is 1. The molecule has 154 valence electrons. The van der Waals surface area contributed by atoms with Crippen molar-refractivity contribution in [2.45, 2.75) is 13.8 Å². The minimum atomic E-state index is -0.309. The average Bonchev–Trinajstić information content (AvgIpc) is 3.24. The fourth-order valence-electron chi connectivity index (χ4n) is 3.19. The number of carbonyl (C=O) groups excluding carboxylic acids is 2. The van der Waals surface area contributed by atoms with E-state index in [2.05, 4.69) is 34.7 Å². The van der Waals surface area contributed by atoms with E-state index < -0.39 is 0 Å². The molecule has 0 saturated carbocycles. The fraction of sp³-hybridized carbons (Fsp3) is 0.0800. The van der Waals surface area contributed by atoms with E-state index in [4.69, 9.17) is 0 Å². The summed E-state index contributed by atoms with van der Waals surface area (Å²) in [5.41, 5.74) is 5.37. The summed E-state index contributed by atoms with van der Waals surface area (Å²) in [7, 11) is 0. The number of benzene rings is 2. The molecule has 31 heavy (non-hydrogen) atoms. The number of hydrogen-bond acceptors (Lipinski definition) is 4. The van der Waals surface area contributed by atoms with E-state index >= 15 is 0 Å². The van der Waals surface area contributed by atoms with E-state index in [1.54, 1.807) is 35.8 Å². The van der Waals surface area contributed by atoms with Gasteiger partial charge in [0.05, 0.1) is 5.69 Å². The van der Waals surface area contributed by atoms with Crippen LogP contribution in [0.2, 0.25) is 0 Å². The molecule has 0 bridgehead atoms. The lowest BCUT2D eigenvalue weighted by atomic mass is 9.99. The Morgan fingerprint density at radius 3 is 2.32 bits per heavy atom. The van der Waals surface area contributed by atoms with Crippen molar-refractivity contribution in [2.75, 3.05) is 10.6 Å². The maximum atomic E-state index is 12.7. The van der Waals surface area contributed by atoms with Crippen LogP contribution >= 0.6 is 11.3 Å². The molecule has 0 unspecified atom stereocenters. The molecule has 2 heterocycles. The number of hydrogen-bond donors (Lipinski definition) is 2. The monoisotopic (exact) mass is 427 g/mol. The van der Waals surface area contributed by atoms with Crippen molar-refractivity contribution >= 4 is 34.7 Å². The molecule has 0 aliphatic rings. The summed E-state index contributed by atoms with van der Waals surface area (Å²) in [6.45, 7) is 3.99. The molecular formula is C25H21N3O2S. The van der Waals surface area contributed by atoms with Crippen molar-refractivity contribution in [2.24, 2.45) is 0 Å². The summed E-state index contributed by atoms with van der Waals surface area (Å²) in [4.78, 5) is 30.0. The molecule has 0 saturated heterocycles. The first-order chi connectivity index (χ1) is 15.0. The van der Waals surface area contributed by atoms with E-state index in [9.17, 15) is 9.59 Å². The molecule has 0 atom stereocenters. The van der Waals surface area contributed by atoms with Gasteiger partial charge >= 0.3 is 0 Å². The van der Waals surface area contributed by atoms with Gasteiger partial charge in [-0.2, -0.15) is 0 Å². The minimum absolute atomic E-state index is 0.266. The molecule has 0 spiro atoms. The van der Waals surface area contributed by atoms with E-state index in [0.717, 1.165) is 16.7 Å². The zero-order valence-corrected chi connectivity index (χ0v) is 18.0. The van der Waals surface area contributed by atoms with Gasteiger partial charge in [-0.1, -0.05) is 42.5 Å². The second kappa shape index (κ2) is 8.93. The highest BCUT2D eigenvalue weighted by Crippen LogP contribution is 2.26. The number of rotatable bonds is 5. The minimum Gasteiger partial charge on any atom is -0.320 e. The molecule has 2 aromatic heterocycles. The maximum absolute atomic E-state index is 12.7. The van der Waals surface area contributed by atoms with Gasteiger partial charge in [-0.3, -0.25) is 9.59 Å². The van der Waals surface area contributed by atoms with Crippen molar-refractivity contribution in [1.29, 1.82) is 0 Å². The second-order valence-electron chi connectivity index (χ2n) is 7.18. The summed E-state index contributed by atoms with van der Waals surface area (Å²) in [5.74, 6) is -0.109. The largest absolute Gasteiger partial charge is 0.320 e. The van der Waals surface area contributed by atoms with Crippen LogP contribution in [-0.4, -0.2) is 16.8 Å². The first-order valence-corrected chi connectivity index (χ1v) is 10.7. The first-order valence-electron chi connectivity index (χ1n) is 9.80. The van der Waals surface area contributed by atoms with Crippen LogP contribution < -0.4 is 10.6 Å². The Balaban J connectivity index is 1.47. The Morgan fingerprint density at radius 2 is 1.61 bits per heavy atom. The Labute approximate surface area is 184 Å². The highest BCUT2D eigenvalue weighted by molar-refractivity contribution is 7.12. The van der Waals surface area contributed by atoms with Crippen LogP contribution in [0.4, 0.5) is 11.5 Å². The third-order valence-corrected chi connectivity index (χ3v) is 5.79. The number of pyridine rings is 1. The molecule has 0 radical (unpaired) electrons. The van der Waals surface area contributed by atoms with Gasteiger partial charge in [0.15, 0.2) is 0 Å². The fourth-order valence-corrected chi connectivity index (χ4v) is 3.94. The number of nitrogens with zero attached hydrogens (tertiary/aromatic N) is 1. The van der Waals surface area contributed by atoms with Gasteiger partial charge < -0.3 is 10.6 Å². The third-order valence-electron chi connectivity index (χ3n) is 4.88. The molecule has 4 aromatic rings. The van der Waals surface area contributed by atoms with E-state index in [0.29, 0.717) is 21.9 Å². The van der Waals surface area contributed by atoms with Crippen molar-refractivity contribution in [3.63, 3.8) is 0 Å². The van der Waals surface area contributed by atoms with Gasteiger partial charge in [0, 0.05) is 11.8 Å². The van der Waals surface area contributed by atoms with Crippen LogP contribution in [0.1, 0.15) is 31.2 Å². The van der Waals surface area contributed by atoms with Gasteiger partial charge in [-0.25, -0.2) is 4.98 Å². The molecule has 0 fully saturated rings. The van der Waals surface area contributed by atoms with Crippen LogP contribution in [0.15, 0.2) is 78.3 Å². The Morgan fingerprint density at radius 1 is 0.839 bits per heavy atom. The van der Waals surface area contributed by atoms with E-state index in [1.807, 2.05) is 37.3 Å². The number of carbonyl (C=O) groups is 2. The van der Waals surface area contributed by atoms with Gasteiger partial charge in [0.2, 0.25) is 0 Å². The highest BCUT2D eigenvalue weighted by atomic mass is 32.1. The Kier molecular flexibility index (Phi) is 5.91. The number of anilines is 2. The number of aromatic nitrogens is 1. The molecular weight excluding hydrogens is 406 g/mol. The smallest absolute Gasteiger partial charge is 0.269 e. The van der Waals surface area contributed by atoms with Crippen molar-refractivity contribution < 1.29 is 9.59 Å². The van der Waals surface area contributed by atoms with Gasteiger partial charge in [-0.05, 0) is 65.7 Å². The SMILES string of the molecule is Cc1ccc(NC(=O)c2sccc2NC(=O)c2ccc(-c3ccccc3C)cc2)nc1. The summed E-state index contributed by atoms with van der Waals surface area (Å²) in [6, 6.07) is 20.9. The maximum Gasteiger partial charge on any atom is 0.269 e. The zero-order valence-electron chi connectivity index (χ0n) is 17.2. The molecule has 4 rings (SSSR count). The normalized spacial score (nSPS) is 10.5. The summed E-state index contributed by atoms with van der Waals surface area (Å²) in [5, 5.41) is 7.38. The molecule has 6 heteroatoms. The quantitative estimate of drug-likeness (QED) is 0.415. The van der Waals surface area contributed by atoms with E-state index in [-0.39, 0.29) is 11.8 Å². The lowest BCUT2D eigenvalue weighted by Crippen LogP contribution is -2.17. The average molecular weight is 428 g/mol. The number of nitrogens with one attached hydrogen (secondary N) is 2. The van der Waals surface area contributed by atoms with Gasteiger partial charge in [-0.15, -0.1) is 11.3 Å². The first kappa shape index (κ1) is 20.5. The van der Waals surface area contributed by atoms with Crippen LogP contribution in [0.3, 0.4) is 0 Å². The van der Waals surface area contributed by atoms with E-state index in [1.165, 1.54) is 16.9 Å². The zero-order chi connectivity index (χ0) is 21.8. The molecule has 0 aliphatic heterocycles. The highest BCUT2D eigenvalue weighted by Gasteiger charge is 2.17. The van der Waals surface area contributed by atoms with Crippen molar-refractivity contribution in [3.05, 3.63) is 99.9 Å². The Hall–Kier alpha value is -3.77. The summed E-state index contributed by atoms with van der Waals surface area (Å²) in [6.07, 6.45) is 1.69. The lowest BCUT2D eigenvalue weighted by molar-refractivity contribution is 0.102. The van der Waals surface area contributed by atoms with Crippen LogP contribution in [0, 0.1) is 13.8 Å². The standard InChI is InChI=1S/C25H21N3O2S/c1-16-7-12-22(26-15-16)28-25(30)23-21(13-14-31-23)27-24(29)19-10-8-18(9-11-19)20-6-4-3-5-17(20)2/h3-15H,1-2H3,(H,27,29)(H,26,28,30). The molecule has 2 aromatic carbocycles. The molecule has 2 amide bonds. The lowest BCUT2D eigenvalue weighted by Gasteiger charge is -2.09. The van der Waals surface area contributed by atoms with Crippen molar-refractivity contribution in [1.82, 2.24) is 4.98 Å². The van der Waals surface area contributed by atoms with Crippen LogP contribution in [0.25, 0.3) is 11.1 Å². The van der Waals surface area contributed by atoms with Crippen molar-refractivity contribution in [3.8, 4) is 11.1 Å². The van der Waals surface area contributed by atoms with Gasteiger partial charge in [0.1, 0.15) is 10.7 Å². The van der Waals surface area contributed by atoms with Crippen LogP contribution in [-0.2, 0) is 0 Å². The predicted molar refractivity (Wildman–Crippen MR) is 126 cm³/mol. The topological polar surface area (TPSA) is 71.1 Å². The van der Waals surface area contributed by atoms with Crippen LogP contribution in [0.5, 0.6) is 0 Å². The van der Waals surface area contributed by atoms with Gasteiger partial charge in [0.25, 0.3) is 11.8 Å². The predicted octanol–water partition coefficient (Wildman–Crippen LogP) is 5.93. The number of amides is 2. The summed E-state index contributed by atoms with van der Waals surface area (Å²) >= 11 is 1.26. The Bertz CT molecular complexity index is 1230. The number of aryl methyl sites for hydroxylation is 2. The molecule has 5 nitrogen and oxygen atoms in total. The third kappa shape index (κ3) is 4.70. The molecule has 0 aliphatic carbocycles. The molecule has 2 N–H and O–H groups in total. The second-order valence-corrected chi connectivity index (χ2v) is 8.10. The summed E-state index contributed by atoms with van der Waals surface area (Å²) < 4.78 is 0.